The zero-order valence-electron chi connectivity index (χ0n) is 25.3. The Morgan fingerprint density at radius 1 is 0.846 bits per heavy atom. The lowest BCUT2D eigenvalue weighted by Crippen LogP contribution is -2.44. The number of nitrogens with one attached hydrogen (secondary N) is 3. The van der Waals surface area contributed by atoms with E-state index in [-0.39, 0.29) is 12.6 Å². The molecule has 0 aromatic heterocycles. The average Bonchev–Trinajstić information content (AvgIpc) is 2.78. The highest BCUT2D eigenvalue weighted by Gasteiger charge is 2.25. The van der Waals surface area contributed by atoms with Gasteiger partial charge in [0, 0.05) is 13.0 Å². The van der Waals surface area contributed by atoms with Crippen LogP contribution >= 0.6 is 0 Å². The molecular weight excluding hydrogens is 498 g/mol. The summed E-state index contributed by atoms with van der Waals surface area (Å²) in [6, 6.07) is 8.05. The van der Waals surface area contributed by atoms with E-state index in [4.69, 9.17) is 14.3 Å². The van der Waals surface area contributed by atoms with Crippen LogP contribution in [-0.4, -0.2) is 48.5 Å². The van der Waals surface area contributed by atoms with Crippen molar-refractivity contribution in [3.63, 3.8) is 0 Å². The summed E-state index contributed by atoms with van der Waals surface area (Å²) in [4.78, 5) is 41.6. The lowest BCUT2D eigenvalue weighted by molar-refractivity contribution is -0.158. The summed E-state index contributed by atoms with van der Waals surface area (Å²) in [5.74, 6) is 0.278. The Balaban J connectivity index is 2.33. The van der Waals surface area contributed by atoms with E-state index in [1.54, 1.807) is 41.5 Å². The van der Waals surface area contributed by atoms with Gasteiger partial charge in [-0.2, -0.15) is 5.48 Å². The summed E-state index contributed by atoms with van der Waals surface area (Å²) < 4.78 is 10.6. The van der Waals surface area contributed by atoms with Crippen molar-refractivity contribution in [2.75, 3.05) is 13.3 Å². The number of unbranched alkanes of at least 4 members (excludes halogenated alkanes) is 1. The molecule has 222 valence electrons. The van der Waals surface area contributed by atoms with Crippen molar-refractivity contribution in [2.24, 2.45) is 5.92 Å². The Morgan fingerprint density at radius 2 is 1.46 bits per heavy atom. The highest BCUT2D eigenvalue weighted by atomic mass is 16.7. The van der Waals surface area contributed by atoms with E-state index in [1.165, 1.54) is 11.1 Å². The second kappa shape index (κ2) is 17.1. The minimum absolute atomic E-state index is 0.0369. The lowest BCUT2D eigenvalue weighted by atomic mass is 10.00. The number of carbonyl (C=O) groups excluding carboxylic acids is 3. The summed E-state index contributed by atoms with van der Waals surface area (Å²) in [5, 5.41) is 5.92. The first-order chi connectivity index (χ1) is 18.1. The fourth-order valence-corrected chi connectivity index (χ4v) is 3.77. The summed E-state index contributed by atoms with van der Waals surface area (Å²) in [5.41, 5.74) is 3.51. The summed E-state index contributed by atoms with van der Waals surface area (Å²) in [6.07, 6.45) is 4.44. The van der Waals surface area contributed by atoms with E-state index in [9.17, 15) is 14.4 Å². The van der Waals surface area contributed by atoms with Crippen molar-refractivity contribution in [3.8, 4) is 0 Å². The second-order valence-electron chi connectivity index (χ2n) is 12.3. The molecule has 0 saturated heterocycles. The van der Waals surface area contributed by atoms with Gasteiger partial charge in [-0.3, -0.25) is 19.7 Å². The zero-order chi connectivity index (χ0) is 29.5. The molecule has 0 aliphatic rings. The van der Waals surface area contributed by atoms with Crippen LogP contribution in [0.15, 0.2) is 24.3 Å². The highest BCUT2D eigenvalue weighted by Crippen LogP contribution is 2.13. The van der Waals surface area contributed by atoms with Gasteiger partial charge in [0.15, 0.2) is 0 Å². The van der Waals surface area contributed by atoms with E-state index in [2.05, 4.69) is 54.2 Å². The van der Waals surface area contributed by atoms with Gasteiger partial charge in [-0.25, -0.2) is 4.79 Å². The first kappa shape index (κ1) is 34.4. The fourth-order valence-electron chi connectivity index (χ4n) is 3.77. The Kier molecular flexibility index (Phi) is 15.1. The number of hydrogen-bond donors (Lipinski definition) is 3. The van der Waals surface area contributed by atoms with Crippen molar-refractivity contribution in [3.05, 3.63) is 35.4 Å². The molecule has 0 bridgehead atoms. The summed E-state index contributed by atoms with van der Waals surface area (Å²) >= 11 is 0. The number of ether oxygens (including phenoxy) is 2. The molecule has 0 aliphatic heterocycles. The van der Waals surface area contributed by atoms with Gasteiger partial charge >= 0.3 is 12.1 Å². The van der Waals surface area contributed by atoms with Crippen molar-refractivity contribution >= 4 is 18.0 Å². The second-order valence-corrected chi connectivity index (χ2v) is 12.3. The first-order valence-electron chi connectivity index (χ1n) is 14.1. The van der Waals surface area contributed by atoms with Gasteiger partial charge in [0.05, 0.1) is 0 Å². The van der Waals surface area contributed by atoms with Crippen LogP contribution in [0.25, 0.3) is 0 Å². The van der Waals surface area contributed by atoms with Crippen molar-refractivity contribution in [2.45, 2.75) is 118 Å². The van der Waals surface area contributed by atoms with Crippen LogP contribution in [-0.2, 0) is 36.7 Å². The van der Waals surface area contributed by atoms with Crippen LogP contribution in [0.1, 0.15) is 98.6 Å². The van der Waals surface area contributed by atoms with Crippen LogP contribution in [0.4, 0.5) is 4.79 Å². The van der Waals surface area contributed by atoms with Gasteiger partial charge in [0.25, 0.3) is 0 Å². The maximum Gasteiger partial charge on any atom is 0.431 e. The third-order valence-electron chi connectivity index (χ3n) is 5.43. The predicted octanol–water partition coefficient (Wildman–Crippen LogP) is 5.21. The standard InChI is InChI=1S/C30H51N3O6/c1-22(2)20-24-17-15-23(16-18-24)12-11-14-26(34)31-19-10-9-13-25(27(35)38-29(3,4)5)32-21-37-33-28(36)39-30(6,7)8/h15-18,22,25,32H,9-14,19-21H2,1-8H3,(H,31,34)(H,33,36). The number of rotatable bonds is 16. The monoisotopic (exact) mass is 549 g/mol. The summed E-state index contributed by atoms with van der Waals surface area (Å²) in [6.45, 7) is 15.5. The normalized spacial score (nSPS) is 12.6. The van der Waals surface area contributed by atoms with Gasteiger partial charge in [-0.1, -0.05) is 38.1 Å². The van der Waals surface area contributed by atoms with Gasteiger partial charge in [-0.05, 0) is 97.1 Å². The molecule has 2 amide bonds. The maximum atomic E-state index is 12.6. The number of hydroxylamine groups is 1. The average molecular weight is 550 g/mol. The Hall–Kier alpha value is -2.65. The summed E-state index contributed by atoms with van der Waals surface area (Å²) in [7, 11) is 0. The van der Waals surface area contributed by atoms with E-state index >= 15 is 0 Å². The number of amides is 2. The minimum Gasteiger partial charge on any atom is -0.459 e. The topological polar surface area (TPSA) is 115 Å². The van der Waals surface area contributed by atoms with Gasteiger partial charge in [-0.15, -0.1) is 0 Å². The largest absolute Gasteiger partial charge is 0.459 e. The molecule has 0 fully saturated rings. The van der Waals surface area contributed by atoms with Crippen LogP contribution in [0, 0.1) is 5.92 Å². The third-order valence-corrected chi connectivity index (χ3v) is 5.43. The molecule has 9 nitrogen and oxygen atoms in total. The number of aryl methyl sites for hydroxylation is 1. The number of esters is 1. The molecule has 3 N–H and O–H groups in total. The minimum atomic E-state index is -0.714. The van der Waals surface area contributed by atoms with Crippen molar-refractivity contribution in [1.82, 2.24) is 16.1 Å². The van der Waals surface area contributed by atoms with Gasteiger partial charge < -0.3 is 14.8 Å². The SMILES string of the molecule is CC(C)Cc1ccc(CCCC(=O)NCCCCC(NCONC(=O)OC(C)(C)C)C(=O)OC(C)(C)C)cc1. The van der Waals surface area contributed by atoms with E-state index in [0.29, 0.717) is 31.7 Å². The van der Waals surface area contributed by atoms with Crippen LogP contribution in [0.3, 0.4) is 0 Å². The Bertz CT molecular complexity index is 872. The van der Waals surface area contributed by atoms with Crippen LogP contribution < -0.4 is 16.1 Å². The number of carbonyl (C=O) groups is 3. The van der Waals surface area contributed by atoms with E-state index in [0.717, 1.165) is 25.7 Å². The van der Waals surface area contributed by atoms with E-state index < -0.39 is 29.3 Å². The molecule has 1 rings (SSSR count). The van der Waals surface area contributed by atoms with Gasteiger partial charge in [0.1, 0.15) is 24.0 Å². The number of benzene rings is 1. The van der Waals surface area contributed by atoms with Crippen LogP contribution in [0.5, 0.6) is 0 Å². The molecular formula is C30H51N3O6. The lowest BCUT2D eigenvalue weighted by Gasteiger charge is -2.25. The molecule has 0 aliphatic carbocycles. The zero-order valence-corrected chi connectivity index (χ0v) is 25.3. The Morgan fingerprint density at radius 3 is 2.05 bits per heavy atom. The molecule has 0 saturated carbocycles. The quantitative estimate of drug-likeness (QED) is 0.112. The maximum absolute atomic E-state index is 12.6. The molecule has 0 heterocycles. The van der Waals surface area contributed by atoms with E-state index in [1.807, 2.05) is 0 Å². The molecule has 9 heteroatoms. The van der Waals surface area contributed by atoms with Gasteiger partial charge in [0.2, 0.25) is 5.91 Å². The Labute approximate surface area is 235 Å². The first-order valence-corrected chi connectivity index (χ1v) is 14.1. The van der Waals surface area contributed by atoms with Crippen molar-refractivity contribution in [1.29, 1.82) is 0 Å². The van der Waals surface area contributed by atoms with Crippen molar-refractivity contribution < 1.29 is 28.7 Å². The number of hydrogen-bond acceptors (Lipinski definition) is 7. The molecule has 0 radical (unpaired) electrons. The third kappa shape index (κ3) is 18.3. The predicted molar refractivity (Wildman–Crippen MR) is 153 cm³/mol. The molecule has 39 heavy (non-hydrogen) atoms. The smallest absolute Gasteiger partial charge is 0.431 e. The molecule has 1 unspecified atom stereocenters. The molecule has 1 aromatic rings. The highest BCUT2D eigenvalue weighted by molar-refractivity contribution is 5.76. The molecule has 1 aromatic carbocycles. The molecule has 0 spiro atoms. The molecule has 1 atom stereocenters. The fraction of sp³-hybridized carbons (Fsp3) is 0.700. The van der Waals surface area contributed by atoms with Crippen LogP contribution in [0.2, 0.25) is 0 Å².